The van der Waals surface area contributed by atoms with Crippen molar-refractivity contribution in [3.05, 3.63) is 29.3 Å². The van der Waals surface area contributed by atoms with Crippen molar-refractivity contribution >= 4 is 5.97 Å². The number of piperidine rings is 1. The number of carbonyl (C=O) groups is 1. The number of aryl methyl sites for hydroxylation is 1. The normalized spacial score (nSPS) is 25.3. The van der Waals surface area contributed by atoms with E-state index in [0.717, 1.165) is 23.3 Å². The molecule has 0 unspecified atom stereocenters. The summed E-state index contributed by atoms with van der Waals surface area (Å²) in [5, 5.41) is 20.1. The van der Waals surface area contributed by atoms with Crippen molar-refractivity contribution in [1.82, 2.24) is 4.90 Å². The van der Waals surface area contributed by atoms with Gasteiger partial charge in [0.2, 0.25) is 0 Å². The number of aliphatic carboxylic acids is 1. The third-order valence-electron chi connectivity index (χ3n) is 4.90. The van der Waals surface area contributed by atoms with E-state index in [2.05, 4.69) is 4.90 Å². The molecule has 5 nitrogen and oxygen atoms in total. The van der Waals surface area contributed by atoms with Crippen molar-refractivity contribution in [3.8, 4) is 5.75 Å². The first-order valence-corrected chi connectivity index (χ1v) is 8.20. The number of carboxylic acids is 1. The molecule has 128 valence electrons. The number of aliphatic hydroxyl groups excluding tert-OH is 1. The van der Waals surface area contributed by atoms with E-state index in [-0.39, 0.29) is 0 Å². The number of benzene rings is 1. The predicted molar refractivity (Wildman–Crippen MR) is 88.6 cm³/mol. The molecule has 1 saturated heterocycles. The number of carboxylic acid groups (broad SMARTS) is 1. The molecule has 0 saturated carbocycles. The van der Waals surface area contributed by atoms with Crippen LogP contribution in [0.5, 0.6) is 5.75 Å². The highest BCUT2D eigenvalue weighted by Gasteiger charge is 2.47. The van der Waals surface area contributed by atoms with Gasteiger partial charge in [0.25, 0.3) is 0 Å². The van der Waals surface area contributed by atoms with E-state index in [1.807, 2.05) is 32.0 Å². The summed E-state index contributed by atoms with van der Waals surface area (Å²) >= 11 is 0. The van der Waals surface area contributed by atoms with E-state index in [4.69, 9.17) is 4.74 Å². The zero-order valence-corrected chi connectivity index (χ0v) is 14.2. The van der Waals surface area contributed by atoms with Crippen molar-refractivity contribution in [1.29, 1.82) is 0 Å². The molecule has 23 heavy (non-hydrogen) atoms. The molecule has 0 bridgehead atoms. The van der Waals surface area contributed by atoms with Crippen molar-refractivity contribution in [2.24, 2.45) is 5.41 Å². The molecule has 2 rings (SSSR count). The van der Waals surface area contributed by atoms with Gasteiger partial charge in [-0.05, 0) is 37.9 Å². The third kappa shape index (κ3) is 3.67. The summed E-state index contributed by atoms with van der Waals surface area (Å²) in [6, 6.07) is 6.07. The van der Waals surface area contributed by atoms with Crippen LogP contribution in [0.2, 0.25) is 0 Å². The second kappa shape index (κ2) is 7.32. The van der Waals surface area contributed by atoms with Crippen LogP contribution < -0.4 is 4.74 Å². The van der Waals surface area contributed by atoms with Gasteiger partial charge >= 0.3 is 5.97 Å². The quantitative estimate of drug-likeness (QED) is 0.842. The molecule has 5 heteroatoms. The largest absolute Gasteiger partial charge is 0.496 e. The van der Waals surface area contributed by atoms with Gasteiger partial charge in [-0.25, -0.2) is 0 Å². The maximum atomic E-state index is 11.7. The fourth-order valence-electron chi connectivity index (χ4n) is 3.50. The molecule has 0 aliphatic carbocycles. The van der Waals surface area contributed by atoms with Crippen LogP contribution in [0.4, 0.5) is 0 Å². The molecule has 1 fully saturated rings. The standard InChI is InChI=1S/C18H27NO4/c1-4-7-18(17(21)22)8-9-19(12-16(18)20)11-14-6-5-13(2)10-15(14)23-3/h5-6,10,16,20H,4,7-9,11-12H2,1-3H3,(H,21,22)/t16-,18-/m0/s1. The zero-order valence-electron chi connectivity index (χ0n) is 14.2. The SMILES string of the molecule is CCC[C@]1(C(=O)O)CCN(Cc2ccc(C)cc2OC)C[C@@H]1O. The Morgan fingerprint density at radius 1 is 1.48 bits per heavy atom. The number of hydrogen-bond acceptors (Lipinski definition) is 4. The summed E-state index contributed by atoms with van der Waals surface area (Å²) < 4.78 is 5.43. The lowest BCUT2D eigenvalue weighted by molar-refractivity contribution is -0.164. The number of likely N-dealkylation sites (tertiary alicyclic amines) is 1. The Hall–Kier alpha value is -1.59. The number of aliphatic hydroxyl groups is 1. The number of nitrogens with zero attached hydrogens (tertiary/aromatic N) is 1. The molecule has 2 N–H and O–H groups in total. The molecule has 1 heterocycles. The van der Waals surface area contributed by atoms with Crippen LogP contribution in [0.15, 0.2) is 18.2 Å². The van der Waals surface area contributed by atoms with Crippen molar-refractivity contribution in [2.75, 3.05) is 20.2 Å². The van der Waals surface area contributed by atoms with Gasteiger partial charge in [0.15, 0.2) is 0 Å². The Kier molecular flexibility index (Phi) is 5.65. The Bertz CT molecular complexity index is 560. The lowest BCUT2D eigenvalue weighted by Gasteiger charge is -2.42. The van der Waals surface area contributed by atoms with Gasteiger partial charge in [0.1, 0.15) is 5.75 Å². The molecule has 1 aliphatic heterocycles. The van der Waals surface area contributed by atoms with Gasteiger partial charge < -0.3 is 14.9 Å². The molecule has 0 spiro atoms. The minimum atomic E-state index is -0.997. The van der Waals surface area contributed by atoms with Crippen LogP contribution in [0.3, 0.4) is 0 Å². The van der Waals surface area contributed by atoms with Gasteiger partial charge in [-0.2, -0.15) is 0 Å². The number of rotatable bonds is 6. The predicted octanol–water partition coefficient (Wildman–Crippen LogP) is 2.44. The average Bonchev–Trinajstić information content (AvgIpc) is 2.51. The van der Waals surface area contributed by atoms with Crippen LogP contribution in [-0.2, 0) is 11.3 Å². The first kappa shape index (κ1) is 17.8. The molecule has 0 amide bonds. The van der Waals surface area contributed by atoms with E-state index in [9.17, 15) is 15.0 Å². The van der Waals surface area contributed by atoms with Gasteiger partial charge in [0.05, 0.1) is 18.6 Å². The molecule has 0 radical (unpaired) electrons. The van der Waals surface area contributed by atoms with E-state index in [1.165, 1.54) is 0 Å². The minimum Gasteiger partial charge on any atom is -0.496 e. The lowest BCUT2D eigenvalue weighted by atomic mass is 9.72. The van der Waals surface area contributed by atoms with Crippen molar-refractivity contribution < 1.29 is 19.7 Å². The number of ether oxygens (including phenoxy) is 1. The van der Waals surface area contributed by atoms with Crippen LogP contribution in [0.1, 0.15) is 37.3 Å². The molecule has 1 aromatic carbocycles. The fraction of sp³-hybridized carbons (Fsp3) is 0.611. The van der Waals surface area contributed by atoms with Gasteiger partial charge in [-0.15, -0.1) is 0 Å². The first-order valence-electron chi connectivity index (χ1n) is 8.20. The highest BCUT2D eigenvalue weighted by atomic mass is 16.5. The number of β-amino-alcohol motifs (C(OH)–C–C–N with tert-alkyl or cyclic N) is 1. The van der Waals surface area contributed by atoms with Gasteiger partial charge in [0, 0.05) is 18.7 Å². The van der Waals surface area contributed by atoms with Crippen LogP contribution in [0.25, 0.3) is 0 Å². The maximum Gasteiger partial charge on any atom is 0.312 e. The Morgan fingerprint density at radius 2 is 2.22 bits per heavy atom. The van der Waals surface area contributed by atoms with E-state index in [1.54, 1.807) is 7.11 Å². The molecular weight excluding hydrogens is 294 g/mol. The third-order valence-corrected chi connectivity index (χ3v) is 4.90. The molecular formula is C18H27NO4. The summed E-state index contributed by atoms with van der Waals surface area (Å²) in [6.45, 7) is 5.68. The highest BCUT2D eigenvalue weighted by Crippen LogP contribution is 2.37. The van der Waals surface area contributed by atoms with Crippen molar-refractivity contribution in [2.45, 2.75) is 45.8 Å². The Morgan fingerprint density at radius 3 is 2.78 bits per heavy atom. The molecule has 0 aromatic heterocycles. The average molecular weight is 321 g/mol. The van der Waals surface area contributed by atoms with E-state index in [0.29, 0.717) is 32.5 Å². The topological polar surface area (TPSA) is 70.0 Å². The van der Waals surface area contributed by atoms with Crippen molar-refractivity contribution in [3.63, 3.8) is 0 Å². The maximum absolute atomic E-state index is 11.7. The summed E-state index contributed by atoms with van der Waals surface area (Å²) in [6.07, 6.45) is 0.913. The second-order valence-corrected chi connectivity index (χ2v) is 6.53. The minimum absolute atomic E-state index is 0.378. The molecule has 1 aliphatic rings. The highest BCUT2D eigenvalue weighted by molar-refractivity contribution is 5.75. The summed E-state index contributed by atoms with van der Waals surface area (Å²) in [4.78, 5) is 13.8. The monoisotopic (exact) mass is 321 g/mol. The van der Waals surface area contributed by atoms with Gasteiger partial charge in [-0.3, -0.25) is 9.69 Å². The summed E-state index contributed by atoms with van der Waals surface area (Å²) in [5.74, 6) is -0.0393. The van der Waals surface area contributed by atoms with Crippen LogP contribution in [0, 0.1) is 12.3 Å². The summed E-state index contributed by atoms with van der Waals surface area (Å²) in [7, 11) is 1.65. The fourth-order valence-corrected chi connectivity index (χ4v) is 3.50. The number of methoxy groups -OCH3 is 1. The zero-order chi connectivity index (χ0) is 17.0. The Balaban J connectivity index is 2.10. The Labute approximate surface area is 137 Å². The van der Waals surface area contributed by atoms with Gasteiger partial charge in [-0.1, -0.05) is 25.5 Å². The van der Waals surface area contributed by atoms with Crippen LogP contribution in [-0.4, -0.2) is 47.4 Å². The first-order chi connectivity index (χ1) is 10.9. The second-order valence-electron chi connectivity index (χ2n) is 6.53. The van der Waals surface area contributed by atoms with E-state index < -0.39 is 17.5 Å². The summed E-state index contributed by atoms with van der Waals surface area (Å²) in [5.41, 5.74) is 1.20. The number of hydrogen-bond donors (Lipinski definition) is 2. The lowest BCUT2D eigenvalue weighted by Crippen LogP contribution is -2.54. The smallest absolute Gasteiger partial charge is 0.312 e. The molecule has 1 aromatic rings. The van der Waals surface area contributed by atoms with Crippen LogP contribution >= 0.6 is 0 Å². The molecule has 2 atom stereocenters. The van der Waals surface area contributed by atoms with E-state index >= 15 is 0 Å².